The molecule has 3 aromatic carbocycles. The van der Waals surface area contributed by atoms with Crippen LogP contribution in [-0.4, -0.2) is 48.5 Å². The van der Waals surface area contributed by atoms with Crippen LogP contribution in [0.3, 0.4) is 0 Å². The van der Waals surface area contributed by atoms with Crippen molar-refractivity contribution in [2.45, 2.75) is 11.3 Å². The van der Waals surface area contributed by atoms with E-state index in [1.807, 2.05) is 30.3 Å². The minimum absolute atomic E-state index is 0.0224. The molecule has 0 spiro atoms. The molecule has 4 rings (SSSR count). The smallest absolute Gasteiger partial charge is 0.307 e. The normalized spacial score (nSPS) is 14.2. The number of hydrogen-bond acceptors (Lipinski definition) is 5. The molecule has 1 unspecified atom stereocenters. The molecule has 1 heterocycles. The van der Waals surface area contributed by atoms with Crippen LogP contribution < -0.4 is 0 Å². The van der Waals surface area contributed by atoms with E-state index in [-0.39, 0.29) is 29.0 Å². The predicted octanol–water partition coefficient (Wildman–Crippen LogP) is 3.51. The summed E-state index contributed by atoms with van der Waals surface area (Å²) in [6.45, 7) is -0.175. The third kappa shape index (κ3) is 4.56. The van der Waals surface area contributed by atoms with Gasteiger partial charge < -0.3 is 5.11 Å². The fourth-order valence-electron chi connectivity index (χ4n) is 3.85. The monoisotopic (exact) mass is 463 g/mol. The number of amides is 2. The Morgan fingerprint density at radius 2 is 1.30 bits per heavy atom. The summed E-state index contributed by atoms with van der Waals surface area (Å²) < 4.78 is 25.8. The molecular formula is C25H21NO6S. The zero-order chi connectivity index (χ0) is 23.6. The molecule has 0 aliphatic carbocycles. The van der Waals surface area contributed by atoms with Gasteiger partial charge in [0.2, 0.25) is 0 Å². The molecule has 1 atom stereocenters. The Morgan fingerprint density at radius 1 is 0.788 bits per heavy atom. The van der Waals surface area contributed by atoms with E-state index in [0.29, 0.717) is 0 Å². The highest BCUT2D eigenvalue weighted by molar-refractivity contribution is 7.91. The zero-order valence-electron chi connectivity index (χ0n) is 17.5. The molecule has 2 amide bonds. The van der Waals surface area contributed by atoms with Crippen LogP contribution in [0.2, 0.25) is 0 Å². The van der Waals surface area contributed by atoms with E-state index >= 15 is 0 Å². The van der Waals surface area contributed by atoms with Gasteiger partial charge in [0.25, 0.3) is 11.8 Å². The van der Waals surface area contributed by atoms with E-state index in [2.05, 4.69) is 0 Å². The summed E-state index contributed by atoms with van der Waals surface area (Å²) in [5.41, 5.74) is 2.31. The molecule has 3 aromatic rings. The molecule has 0 fully saturated rings. The van der Waals surface area contributed by atoms with Crippen LogP contribution >= 0.6 is 0 Å². The summed E-state index contributed by atoms with van der Waals surface area (Å²) in [6.07, 6.45) is -0.165. The number of sulfone groups is 1. The lowest BCUT2D eigenvalue weighted by molar-refractivity contribution is -0.141. The van der Waals surface area contributed by atoms with Crippen LogP contribution in [0.25, 0.3) is 11.1 Å². The molecule has 0 bridgehead atoms. The Bertz CT molecular complexity index is 1280. The van der Waals surface area contributed by atoms with Crippen molar-refractivity contribution in [1.29, 1.82) is 0 Å². The molecular weight excluding hydrogens is 442 g/mol. The second kappa shape index (κ2) is 8.99. The number of carboxylic acids is 1. The van der Waals surface area contributed by atoms with E-state index in [1.165, 1.54) is 24.3 Å². The SMILES string of the molecule is O=C(O)C(CCN1C(=O)c2ccccc2C1=O)CS(=O)(=O)c1ccc(-c2ccccc2)cc1. The summed E-state index contributed by atoms with van der Waals surface area (Å²) in [5.74, 6) is -4.20. The Labute approximate surface area is 191 Å². The quantitative estimate of drug-likeness (QED) is 0.512. The third-order valence-corrected chi connectivity index (χ3v) is 7.50. The second-order valence-electron chi connectivity index (χ2n) is 7.80. The minimum atomic E-state index is -3.90. The summed E-state index contributed by atoms with van der Waals surface area (Å²) >= 11 is 0. The highest BCUT2D eigenvalue weighted by atomic mass is 32.2. The number of carbonyl (C=O) groups is 3. The topological polar surface area (TPSA) is 109 Å². The maximum Gasteiger partial charge on any atom is 0.307 e. The Morgan fingerprint density at radius 3 is 1.85 bits per heavy atom. The largest absolute Gasteiger partial charge is 0.481 e. The van der Waals surface area contributed by atoms with Crippen molar-refractivity contribution in [2.24, 2.45) is 5.92 Å². The van der Waals surface area contributed by atoms with Crippen molar-refractivity contribution in [3.8, 4) is 11.1 Å². The summed E-state index contributed by atoms with van der Waals surface area (Å²) in [5, 5.41) is 9.60. The van der Waals surface area contributed by atoms with Crippen LogP contribution in [0, 0.1) is 5.92 Å². The highest BCUT2D eigenvalue weighted by Crippen LogP contribution is 2.25. The highest BCUT2D eigenvalue weighted by Gasteiger charge is 2.36. The van der Waals surface area contributed by atoms with E-state index in [4.69, 9.17) is 0 Å². The van der Waals surface area contributed by atoms with Gasteiger partial charge in [0, 0.05) is 6.54 Å². The molecule has 0 saturated heterocycles. The molecule has 0 saturated carbocycles. The summed E-state index contributed by atoms with van der Waals surface area (Å²) in [6, 6.07) is 22.1. The number of carbonyl (C=O) groups excluding carboxylic acids is 2. The fourth-order valence-corrected chi connectivity index (χ4v) is 5.43. The molecule has 168 valence electrons. The number of hydrogen-bond donors (Lipinski definition) is 1. The van der Waals surface area contributed by atoms with E-state index in [9.17, 15) is 27.9 Å². The van der Waals surface area contributed by atoms with Gasteiger partial charge in [-0.25, -0.2) is 8.42 Å². The Balaban J connectivity index is 1.46. The number of carboxylic acid groups (broad SMARTS) is 1. The lowest BCUT2D eigenvalue weighted by Gasteiger charge is -2.18. The van der Waals surface area contributed by atoms with Crippen molar-refractivity contribution >= 4 is 27.6 Å². The van der Waals surface area contributed by atoms with Gasteiger partial charge >= 0.3 is 5.97 Å². The predicted molar refractivity (Wildman–Crippen MR) is 121 cm³/mol. The first-order chi connectivity index (χ1) is 15.8. The van der Waals surface area contributed by atoms with Crippen molar-refractivity contribution in [3.05, 3.63) is 90.0 Å². The van der Waals surface area contributed by atoms with Gasteiger partial charge in [-0.15, -0.1) is 0 Å². The third-order valence-electron chi connectivity index (χ3n) is 5.67. The lowest BCUT2D eigenvalue weighted by atomic mass is 10.1. The first kappa shape index (κ1) is 22.4. The number of fused-ring (bicyclic) bond motifs is 1. The van der Waals surface area contributed by atoms with Gasteiger partial charge in [-0.2, -0.15) is 0 Å². The fraction of sp³-hybridized carbons (Fsp3) is 0.160. The molecule has 7 nitrogen and oxygen atoms in total. The average Bonchev–Trinajstić information content (AvgIpc) is 3.07. The zero-order valence-corrected chi connectivity index (χ0v) is 18.4. The summed E-state index contributed by atoms with van der Waals surface area (Å²) in [7, 11) is -3.90. The molecule has 0 aromatic heterocycles. The van der Waals surface area contributed by atoms with Gasteiger partial charge in [-0.1, -0.05) is 54.6 Å². The van der Waals surface area contributed by atoms with Crippen LogP contribution in [0.1, 0.15) is 27.1 Å². The molecule has 33 heavy (non-hydrogen) atoms. The molecule has 8 heteroatoms. The molecule has 1 aliphatic heterocycles. The number of benzene rings is 3. The van der Waals surface area contributed by atoms with Gasteiger partial charge in [0.15, 0.2) is 9.84 Å². The first-order valence-corrected chi connectivity index (χ1v) is 12.0. The first-order valence-electron chi connectivity index (χ1n) is 10.3. The van der Waals surface area contributed by atoms with Crippen molar-refractivity contribution in [2.75, 3.05) is 12.3 Å². The average molecular weight is 464 g/mol. The maximum atomic E-state index is 12.9. The Hall–Kier alpha value is -3.78. The maximum absolute atomic E-state index is 12.9. The van der Waals surface area contributed by atoms with Crippen LogP contribution in [0.4, 0.5) is 0 Å². The van der Waals surface area contributed by atoms with Crippen molar-refractivity contribution in [1.82, 2.24) is 4.90 Å². The lowest BCUT2D eigenvalue weighted by Crippen LogP contribution is -2.34. The van der Waals surface area contributed by atoms with Crippen LogP contribution in [0.15, 0.2) is 83.8 Å². The standard InChI is InChI=1S/C25H21NO6S/c27-23-21-8-4-5-9-22(21)24(28)26(23)15-14-19(25(29)30)16-33(31,32)20-12-10-18(11-13-20)17-6-2-1-3-7-17/h1-13,19H,14-16H2,(H,29,30). The molecule has 1 aliphatic rings. The number of aliphatic carboxylic acids is 1. The number of rotatable bonds is 8. The number of nitrogens with zero attached hydrogens (tertiary/aromatic N) is 1. The van der Waals surface area contributed by atoms with E-state index in [1.54, 1.807) is 24.3 Å². The van der Waals surface area contributed by atoms with Gasteiger partial charge in [-0.05, 0) is 41.8 Å². The Kier molecular flexibility index (Phi) is 6.11. The van der Waals surface area contributed by atoms with E-state index < -0.39 is 39.3 Å². The van der Waals surface area contributed by atoms with Gasteiger partial charge in [0.05, 0.1) is 27.7 Å². The van der Waals surface area contributed by atoms with Gasteiger partial charge in [0.1, 0.15) is 0 Å². The molecule has 0 radical (unpaired) electrons. The van der Waals surface area contributed by atoms with Crippen LogP contribution in [-0.2, 0) is 14.6 Å². The van der Waals surface area contributed by atoms with Gasteiger partial charge in [-0.3, -0.25) is 19.3 Å². The number of imide groups is 1. The molecule has 1 N–H and O–H groups in total. The second-order valence-corrected chi connectivity index (χ2v) is 9.84. The summed E-state index contributed by atoms with van der Waals surface area (Å²) in [4.78, 5) is 37.7. The minimum Gasteiger partial charge on any atom is -0.481 e. The van der Waals surface area contributed by atoms with Crippen LogP contribution in [0.5, 0.6) is 0 Å². The van der Waals surface area contributed by atoms with Crippen molar-refractivity contribution < 1.29 is 27.9 Å². The van der Waals surface area contributed by atoms with E-state index in [0.717, 1.165) is 16.0 Å². The van der Waals surface area contributed by atoms with Crippen molar-refractivity contribution in [3.63, 3.8) is 0 Å².